The summed E-state index contributed by atoms with van der Waals surface area (Å²) in [5, 5.41) is 5.90. The fourth-order valence-electron chi connectivity index (χ4n) is 2.17. The van der Waals surface area contributed by atoms with E-state index in [4.69, 9.17) is 4.74 Å². The predicted molar refractivity (Wildman–Crippen MR) is 87.3 cm³/mol. The summed E-state index contributed by atoms with van der Waals surface area (Å²) in [7, 11) is 1.70. The Hall–Kier alpha value is -1.80. The van der Waals surface area contributed by atoms with Gasteiger partial charge in [-0.1, -0.05) is 37.3 Å². The van der Waals surface area contributed by atoms with E-state index in [9.17, 15) is 0 Å². The minimum absolute atomic E-state index is 0.404. The first-order valence-electron chi connectivity index (χ1n) is 7.22. The Bertz CT molecular complexity index is 589. The van der Waals surface area contributed by atoms with Gasteiger partial charge in [-0.2, -0.15) is 0 Å². The van der Waals surface area contributed by atoms with Crippen LogP contribution < -0.4 is 10.1 Å². The summed E-state index contributed by atoms with van der Waals surface area (Å²) in [4.78, 5) is 0. The maximum absolute atomic E-state index is 5.25. The van der Waals surface area contributed by atoms with E-state index in [1.54, 1.807) is 7.11 Å². The fraction of sp³-hybridized carbons (Fsp3) is 0.333. The van der Waals surface area contributed by atoms with E-state index in [2.05, 4.69) is 61.6 Å². The summed E-state index contributed by atoms with van der Waals surface area (Å²) >= 11 is 0. The van der Waals surface area contributed by atoms with Crippen molar-refractivity contribution in [2.24, 2.45) is 0 Å². The van der Waals surface area contributed by atoms with Crippen LogP contribution in [0.5, 0.6) is 5.75 Å². The molecule has 0 heterocycles. The molecule has 0 saturated heterocycles. The number of hydrogen-bond acceptors (Lipinski definition) is 2. The van der Waals surface area contributed by atoms with E-state index in [-0.39, 0.29) is 0 Å². The number of fused-ring (bicyclic) bond motifs is 1. The molecule has 0 aliphatic rings. The van der Waals surface area contributed by atoms with Gasteiger partial charge < -0.3 is 10.1 Å². The lowest BCUT2D eigenvalue weighted by atomic mass is 10.1. The third-order valence-corrected chi connectivity index (χ3v) is 3.37. The molecule has 0 fully saturated rings. The van der Waals surface area contributed by atoms with Crippen molar-refractivity contribution in [3.8, 4) is 5.75 Å². The molecule has 0 bridgehead atoms. The van der Waals surface area contributed by atoms with Crippen molar-refractivity contribution in [2.45, 2.75) is 26.3 Å². The predicted octanol–water partition coefficient (Wildman–Crippen LogP) is 4.25. The molecule has 106 valence electrons. The first-order valence-corrected chi connectivity index (χ1v) is 7.22. The van der Waals surface area contributed by atoms with Crippen LogP contribution >= 0.6 is 0 Å². The van der Waals surface area contributed by atoms with Crippen molar-refractivity contribution in [1.29, 1.82) is 0 Å². The first-order chi connectivity index (χ1) is 9.72. The average Bonchev–Trinajstić information content (AvgIpc) is 2.50. The number of hydrogen-bond donors (Lipinski definition) is 1. The minimum atomic E-state index is 0.404. The lowest BCUT2D eigenvalue weighted by Crippen LogP contribution is -2.24. The molecule has 20 heavy (non-hydrogen) atoms. The van der Waals surface area contributed by atoms with Gasteiger partial charge in [0.2, 0.25) is 0 Å². The first kappa shape index (κ1) is 14.6. The molecule has 1 atom stereocenters. The molecular formula is C18H23NO. The van der Waals surface area contributed by atoms with Gasteiger partial charge in [0.15, 0.2) is 0 Å². The molecule has 0 spiro atoms. The minimum Gasteiger partial charge on any atom is -0.497 e. The molecule has 0 amide bonds. The number of ether oxygens (including phenoxy) is 1. The largest absolute Gasteiger partial charge is 0.497 e. The monoisotopic (exact) mass is 269 g/mol. The maximum Gasteiger partial charge on any atom is 0.119 e. The van der Waals surface area contributed by atoms with E-state index < -0.39 is 0 Å². The standard InChI is InChI=1S/C18H23NO/c1-4-11-19-14(2)5-6-15-7-8-17-13-18(20-3)10-9-16(17)12-15/h5-10,12-14,19H,4,11H2,1-3H3/b6-5+. The van der Waals surface area contributed by atoms with Gasteiger partial charge in [-0.3, -0.25) is 0 Å². The normalized spacial score (nSPS) is 12.9. The van der Waals surface area contributed by atoms with Crippen LogP contribution in [0.3, 0.4) is 0 Å². The molecule has 2 nitrogen and oxygen atoms in total. The molecule has 2 aromatic rings. The molecule has 0 aliphatic carbocycles. The van der Waals surface area contributed by atoms with Gasteiger partial charge in [-0.25, -0.2) is 0 Å². The van der Waals surface area contributed by atoms with Crippen molar-refractivity contribution in [2.75, 3.05) is 13.7 Å². The third kappa shape index (κ3) is 3.84. The number of benzene rings is 2. The van der Waals surface area contributed by atoms with Gasteiger partial charge in [-0.05, 0) is 54.4 Å². The van der Waals surface area contributed by atoms with E-state index in [1.165, 1.54) is 16.3 Å². The highest BCUT2D eigenvalue weighted by Crippen LogP contribution is 2.22. The molecule has 0 saturated carbocycles. The van der Waals surface area contributed by atoms with Crippen molar-refractivity contribution in [1.82, 2.24) is 5.32 Å². The Morgan fingerprint density at radius 1 is 1.15 bits per heavy atom. The average molecular weight is 269 g/mol. The van der Waals surface area contributed by atoms with Crippen molar-refractivity contribution in [3.05, 3.63) is 48.0 Å². The summed E-state index contributed by atoms with van der Waals surface area (Å²) in [5.74, 6) is 0.901. The maximum atomic E-state index is 5.25. The highest BCUT2D eigenvalue weighted by atomic mass is 16.5. The van der Waals surface area contributed by atoms with Gasteiger partial charge in [0.1, 0.15) is 5.75 Å². The number of rotatable bonds is 6. The molecule has 1 unspecified atom stereocenters. The van der Waals surface area contributed by atoms with Crippen LogP contribution in [0.25, 0.3) is 16.8 Å². The highest BCUT2D eigenvalue weighted by Gasteiger charge is 1.98. The van der Waals surface area contributed by atoms with Crippen molar-refractivity contribution in [3.63, 3.8) is 0 Å². The van der Waals surface area contributed by atoms with Gasteiger partial charge >= 0.3 is 0 Å². The van der Waals surface area contributed by atoms with E-state index in [0.29, 0.717) is 6.04 Å². The summed E-state index contributed by atoms with van der Waals surface area (Å²) in [5.41, 5.74) is 1.23. The summed E-state index contributed by atoms with van der Waals surface area (Å²) in [6.45, 7) is 5.42. The molecule has 0 aromatic heterocycles. The molecule has 0 aliphatic heterocycles. The van der Waals surface area contributed by atoms with Crippen molar-refractivity contribution < 1.29 is 4.74 Å². The second kappa shape index (κ2) is 7.11. The summed E-state index contributed by atoms with van der Waals surface area (Å²) in [6.07, 6.45) is 5.55. The zero-order valence-electron chi connectivity index (χ0n) is 12.5. The van der Waals surface area contributed by atoms with Crippen LogP contribution in [0.15, 0.2) is 42.5 Å². The zero-order chi connectivity index (χ0) is 14.4. The van der Waals surface area contributed by atoms with E-state index >= 15 is 0 Å². The smallest absolute Gasteiger partial charge is 0.119 e. The van der Waals surface area contributed by atoms with E-state index in [1.807, 2.05) is 6.07 Å². The zero-order valence-corrected chi connectivity index (χ0v) is 12.5. The van der Waals surface area contributed by atoms with Crippen LogP contribution in [-0.4, -0.2) is 19.7 Å². The third-order valence-electron chi connectivity index (χ3n) is 3.37. The Labute approximate surface area is 121 Å². The SMILES string of the molecule is CCCNC(C)/C=C/c1ccc2cc(OC)ccc2c1. The molecule has 2 aromatic carbocycles. The Morgan fingerprint density at radius 2 is 1.90 bits per heavy atom. The molecular weight excluding hydrogens is 246 g/mol. The Morgan fingerprint density at radius 3 is 2.65 bits per heavy atom. The summed E-state index contributed by atoms with van der Waals surface area (Å²) < 4.78 is 5.25. The van der Waals surface area contributed by atoms with Crippen LogP contribution in [0.4, 0.5) is 0 Å². The second-order valence-corrected chi connectivity index (χ2v) is 5.07. The quantitative estimate of drug-likeness (QED) is 0.846. The molecule has 2 rings (SSSR count). The van der Waals surface area contributed by atoms with Gasteiger partial charge in [-0.15, -0.1) is 0 Å². The van der Waals surface area contributed by atoms with Crippen LogP contribution in [0, 0.1) is 0 Å². The van der Waals surface area contributed by atoms with Crippen molar-refractivity contribution >= 4 is 16.8 Å². The Kier molecular flexibility index (Phi) is 5.19. The summed E-state index contributed by atoms with van der Waals surface area (Å²) in [6, 6.07) is 13.1. The van der Waals surface area contributed by atoms with Crippen LogP contribution in [0.1, 0.15) is 25.8 Å². The molecule has 1 N–H and O–H groups in total. The fourth-order valence-corrected chi connectivity index (χ4v) is 2.17. The van der Waals surface area contributed by atoms with Gasteiger partial charge in [0, 0.05) is 6.04 Å². The molecule has 0 radical (unpaired) electrons. The van der Waals surface area contributed by atoms with Crippen LogP contribution in [-0.2, 0) is 0 Å². The van der Waals surface area contributed by atoms with Gasteiger partial charge in [0.05, 0.1) is 7.11 Å². The lowest BCUT2D eigenvalue weighted by Gasteiger charge is -2.08. The molecule has 2 heteroatoms. The Balaban J connectivity index is 2.13. The second-order valence-electron chi connectivity index (χ2n) is 5.07. The van der Waals surface area contributed by atoms with Gasteiger partial charge in [0.25, 0.3) is 0 Å². The lowest BCUT2D eigenvalue weighted by molar-refractivity contribution is 0.415. The van der Waals surface area contributed by atoms with Crippen LogP contribution in [0.2, 0.25) is 0 Å². The van der Waals surface area contributed by atoms with E-state index in [0.717, 1.165) is 18.7 Å². The topological polar surface area (TPSA) is 21.3 Å². The number of nitrogens with one attached hydrogen (secondary N) is 1. The highest BCUT2D eigenvalue weighted by molar-refractivity contribution is 5.86. The number of methoxy groups -OCH3 is 1.